The fraction of sp³-hybridized carbons (Fsp3) is 0.182. The molecule has 4 heteroatoms. The zero-order chi connectivity index (χ0) is 11.1. The summed E-state index contributed by atoms with van der Waals surface area (Å²) in [7, 11) is 1.54. The molecular formula is C11H12N2O2. The van der Waals surface area contributed by atoms with E-state index in [-0.39, 0.29) is 12.6 Å². The van der Waals surface area contributed by atoms with E-state index in [0.29, 0.717) is 11.4 Å². The predicted octanol–water partition coefficient (Wildman–Crippen LogP) is 1.45. The smallest absolute Gasteiger partial charge is 0.320 e. The Morgan fingerprint density at radius 3 is 2.93 bits per heavy atom. The maximum absolute atomic E-state index is 11.3. The Kier molecular flexibility index (Phi) is 4.05. The molecule has 0 unspecified atom stereocenters. The Labute approximate surface area is 88.6 Å². The molecule has 0 aliphatic carbocycles. The standard InChI is InChI=1S/C11H12N2O2/c1-3-8-12-11(14)13-9-6-4-5-7-10(9)15-2/h1,4-7H,8H2,2H3,(H2,12,13,14). The second-order valence-electron chi connectivity index (χ2n) is 2.71. The average molecular weight is 204 g/mol. The molecule has 15 heavy (non-hydrogen) atoms. The zero-order valence-corrected chi connectivity index (χ0v) is 8.41. The topological polar surface area (TPSA) is 50.4 Å². The summed E-state index contributed by atoms with van der Waals surface area (Å²) in [5.41, 5.74) is 0.606. The molecule has 0 aliphatic heterocycles. The first-order chi connectivity index (χ1) is 7.27. The second kappa shape index (κ2) is 5.55. The molecular weight excluding hydrogens is 192 g/mol. The van der Waals surface area contributed by atoms with Gasteiger partial charge in [0, 0.05) is 0 Å². The van der Waals surface area contributed by atoms with Gasteiger partial charge in [-0.05, 0) is 12.1 Å². The van der Waals surface area contributed by atoms with Gasteiger partial charge in [0.05, 0.1) is 19.3 Å². The van der Waals surface area contributed by atoms with Gasteiger partial charge < -0.3 is 15.4 Å². The molecule has 1 rings (SSSR count). The first-order valence-corrected chi connectivity index (χ1v) is 4.39. The van der Waals surface area contributed by atoms with E-state index in [9.17, 15) is 4.79 Å². The summed E-state index contributed by atoms with van der Waals surface area (Å²) in [4.78, 5) is 11.3. The molecule has 0 saturated heterocycles. The van der Waals surface area contributed by atoms with Crippen molar-refractivity contribution in [1.29, 1.82) is 0 Å². The van der Waals surface area contributed by atoms with E-state index in [4.69, 9.17) is 11.2 Å². The van der Waals surface area contributed by atoms with Crippen molar-refractivity contribution < 1.29 is 9.53 Å². The number of benzene rings is 1. The van der Waals surface area contributed by atoms with Crippen molar-refractivity contribution in [3.8, 4) is 18.1 Å². The van der Waals surface area contributed by atoms with Crippen LogP contribution < -0.4 is 15.4 Å². The number of methoxy groups -OCH3 is 1. The van der Waals surface area contributed by atoms with E-state index in [0.717, 1.165) is 0 Å². The van der Waals surface area contributed by atoms with Crippen LogP contribution in [0, 0.1) is 12.3 Å². The first kappa shape index (κ1) is 10.9. The van der Waals surface area contributed by atoms with Crippen LogP contribution in [-0.4, -0.2) is 19.7 Å². The summed E-state index contributed by atoms with van der Waals surface area (Å²) in [5, 5.41) is 5.12. The second-order valence-corrected chi connectivity index (χ2v) is 2.71. The normalized spacial score (nSPS) is 8.80. The zero-order valence-electron chi connectivity index (χ0n) is 8.41. The van der Waals surface area contributed by atoms with E-state index in [2.05, 4.69) is 16.6 Å². The molecule has 0 atom stereocenters. The van der Waals surface area contributed by atoms with Crippen LogP contribution >= 0.6 is 0 Å². The molecule has 0 spiro atoms. The molecule has 1 aromatic rings. The Hall–Kier alpha value is -2.15. The van der Waals surface area contributed by atoms with Crippen molar-refractivity contribution in [3.05, 3.63) is 24.3 Å². The van der Waals surface area contributed by atoms with Crippen molar-refractivity contribution in [2.24, 2.45) is 0 Å². The van der Waals surface area contributed by atoms with Crippen molar-refractivity contribution in [3.63, 3.8) is 0 Å². The largest absolute Gasteiger partial charge is 0.495 e. The third-order valence-electron chi connectivity index (χ3n) is 1.71. The maximum atomic E-state index is 11.3. The van der Waals surface area contributed by atoms with Crippen molar-refractivity contribution in [1.82, 2.24) is 5.32 Å². The Morgan fingerprint density at radius 2 is 2.27 bits per heavy atom. The van der Waals surface area contributed by atoms with Crippen LogP contribution in [0.1, 0.15) is 0 Å². The molecule has 78 valence electrons. The number of para-hydroxylation sites is 2. The Balaban J connectivity index is 2.64. The van der Waals surface area contributed by atoms with Gasteiger partial charge in [-0.3, -0.25) is 0 Å². The van der Waals surface area contributed by atoms with Gasteiger partial charge in [0.1, 0.15) is 5.75 Å². The van der Waals surface area contributed by atoms with Crippen molar-refractivity contribution >= 4 is 11.7 Å². The van der Waals surface area contributed by atoms with Gasteiger partial charge in [0.15, 0.2) is 0 Å². The van der Waals surface area contributed by atoms with E-state index < -0.39 is 0 Å². The summed E-state index contributed by atoms with van der Waals surface area (Å²) in [6, 6.07) is 6.78. The van der Waals surface area contributed by atoms with Crippen molar-refractivity contribution in [2.45, 2.75) is 0 Å². The number of terminal acetylenes is 1. The minimum atomic E-state index is -0.350. The SMILES string of the molecule is C#CCNC(=O)Nc1ccccc1OC. The fourth-order valence-electron chi connectivity index (χ4n) is 1.05. The lowest BCUT2D eigenvalue weighted by atomic mass is 10.3. The summed E-state index contributed by atoms with van der Waals surface area (Å²) < 4.78 is 5.07. The number of urea groups is 1. The number of hydrogen-bond donors (Lipinski definition) is 2. The Bertz CT molecular complexity index is 382. The molecule has 2 N–H and O–H groups in total. The van der Waals surface area contributed by atoms with Crippen LogP contribution in [-0.2, 0) is 0 Å². The number of anilines is 1. The van der Waals surface area contributed by atoms with Gasteiger partial charge in [0.2, 0.25) is 0 Å². The quantitative estimate of drug-likeness (QED) is 0.732. The minimum Gasteiger partial charge on any atom is -0.495 e. The van der Waals surface area contributed by atoms with Crippen molar-refractivity contribution in [2.75, 3.05) is 19.0 Å². The highest BCUT2D eigenvalue weighted by molar-refractivity contribution is 5.90. The van der Waals surface area contributed by atoms with Crippen LogP contribution in [0.5, 0.6) is 5.75 Å². The number of rotatable bonds is 3. The fourth-order valence-corrected chi connectivity index (χ4v) is 1.05. The molecule has 0 aromatic heterocycles. The number of hydrogen-bond acceptors (Lipinski definition) is 2. The number of carbonyl (C=O) groups is 1. The number of amides is 2. The molecule has 0 bridgehead atoms. The summed E-state index contributed by atoms with van der Waals surface area (Å²) in [6.45, 7) is 0.195. The predicted molar refractivity (Wildman–Crippen MR) is 58.8 cm³/mol. The third kappa shape index (κ3) is 3.24. The van der Waals surface area contributed by atoms with Crippen LogP contribution in [0.4, 0.5) is 10.5 Å². The molecule has 1 aromatic carbocycles. The van der Waals surface area contributed by atoms with Gasteiger partial charge in [-0.25, -0.2) is 4.79 Å². The molecule has 0 radical (unpaired) electrons. The van der Waals surface area contributed by atoms with E-state index in [1.54, 1.807) is 25.3 Å². The summed E-state index contributed by atoms with van der Waals surface area (Å²) in [6.07, 6.45) is 5.01. The Morgan fingerprint density at radius 1 is 1.53 bits per heavy atom. The van der Waals surface area contributed by atoms with Gasteiger partial charge in [-0.1, -0.05) is 18.1 Å². The molecule has 4 nitrogen and oxygen atoms in total. The first-order valence-electron chi connectivity index (χ1n) is 4.39. The lowest BCUT2D eigenvalue weighted by Crippen LogP contribution is -2.28. The maximum Gasteiger partial charge on any atom is 0.320 e. The van der Waals surface area contributed by atoms with Crippen LogP contribution in [0.15, 0.2) is 24.3 Å². The van der Waals surface area contributed by atoms with Gasteiger partial charge >= 0.3 is 6.03 Å². The van der Waals surface area contributed by atoms with Gasteiger partial charge in [0.25, 0.3) is 0 Å². The number of carbonyl (C=O) groups excluding carboxylic acids is 1. The third-order valence-corrected chi connectivity index (χ3v) is 1.71. The van der Waals surface area contributed by atoms with Crippen LogP contribution in [0.25, 0.3) is 0 Å². The van der Waals surface area contributed by atoms with Crippen LogP contribution in [0.3, 0.4) is 0 Å². The summed E-state index contributed by atoms with van der Waals surface area (Å²) in [5.74, 6) is 2.91. The van der Waals surface area contributed by atoms with E-state index in [1.165, 1.54) is 0 Å². The highest BCUT2D eigenvalue weighted by Crippen LogP contribution is 2.22. The molecule has 2 amide bonds. The van der Waals surface area contributed by atoms with Gasteiger partial charge in [-0.15, -0.1) is 6.42 Å². The number of nitrogens with one attached hydrogen (secondary N) is 2. The minimum absolute atomic E-state index is 0.195. The van der Waals surface area contributed by atoms with E-state index in [1.807, 2.05) is 6.07 Å². The highest BCUT2D eigenvalue weighted by Gasteiger charge is 2.04. The molecule has 0 heterocycles. The lowest BCUT2D eigenvalue weighted by molar-refractivity contribution is 0.253. The van der Waals surface area contributed by atoms with E-state index >= 15 is 0 Å². The lowest BCUT2D eigenvalue weighted by Gasteiger charge is -2.09. The number of ether oxygens (including phenoxy) is 1. The van der Waals surface area contributed by atoms with Gasteiger partial charge in [-0.2, -0.15) is 0 Å². The molecule has 0 saturated carbocycles. The monoisotopic (exact) mass is 204 g/mol. The highest BCUT2D eigenvalue weighted by atomic mass is 16.5. The molecule has 0 aliphatic rings. The summed E-state index contributed by atoms with van der Waals surface area (Å²) >= 11 is 0. The van der Waals surface area contributed by atoms with Crippen LogP contribution in [0.2, 0.25) is 0 Å². The molecule has 0 fully saturated rings. The average Bonchev–Trinajstić information content (AvgIpc) is 2.27.